The van der Waals surface area contributed by atoms with Gasteiger partial charge in [0, 0.05) is 26.0 Å². The summed E-state index contributed by atoms with van der Waals surface area (Å²) in [7, 11) is 3.22. The number of hydrogen-bond acceptors (Lipinski definition) is 3. The Hall–Kier alpha value is -1.32. The van der Waals surface area contributed by atoms with Crippen molar-refractivity contribution >= 4 is 11.6 Å². The summed E-state index contributed by atoms with van der Waals surface area (Å²) in [5.41, 5.74) is 0.605. The number of carbonyl (C=O) groups is 1. The van der Waals surface area contributed by atoms with Gasteiger partial charge in [0.05, 0.1) is 5.57 Å². The van der Waals surface area contributed by atoms with Crippen molar-refractivity contribution in [2.75, 3.05) is 14.1 Å². The van der Waals surface area contributed by atoms with Gasteiger partial charge in [-0.15, -0.1) is 0 Å². The van der Waals surface area contributed by atoms with Crippen LogP contribution in [0, 0.1) is 5.41 Å². The van der Waals surface area contributed by atoms with E-state index in [0.29, 0.717) is 5.57 Å². The van der Waals surface area contributed by atoms with Crippen molar-refractivity contribution in [2.24, 2.45) is 0 Å². The fourth-order valence-corrected chi connectivity index (χ4v) is 0.623. The van der Waals surface area contributed by atoms with Crippen molar-refractivity contribution in [1.29, 1.82) is 5.41 Å². The molecule has 0 aliphatic rings. The Labute approximate surface area is 66.2 Å². The van der Waals surface area contributed by atoms with Crippen LogP contribution in [0.25, 0.3) is 0 Å². The van der Waals surface area contributed by atoms with Gasteiger partial charge in [0.1, 0.15) is 0 Å². The number of amides is 1. The molecule has 0 aromatic heterocycles. The van der Waals surface area contributed by atoms with Crippen molar-refractivity contribution < 1.29 is 4.79 Å². The van der Waals surface area contributed by atoms with Crippen LogP contribution in [0.15, 0.2) is 11.8 Å². The second-order valence-corrected chi connectivity index (χ2v) is 2.05. The van der Waals surface area contributed by atoms with Crippen LogP contribution in [0.4, 0.5) is 0 Å². The van der Waals surface area contributed by atoms with Crippen LogP contribution in [0.1, 0.15) is 6.92 Å². The third-order valence-corrected chi connectivity index (χ3v) is 1.16. The monoisotopic (exact) mass is 155 g/mol. The molecule has 0 bridgehead atoms. The Bertz CT molecular complexity index is 196. The van der Waals surface area contributed by atoms with Gasteiger partial charge in [-0.25, -0.2) is 0 Å². The zero-order chi connectivity index (χ0) is 8.85. The van der Waals surface area contributed by atoms with Crippen LogP contribution in [0.3, 0.4) is 0 Å². The van der Waals surface area contributed by atoms with E-state index >= 15 is 0 Å². The van der Waals surface area contributed by atoms with Crippen LogP contribution >= 0.6 is 0 Å². The minimum Gasteiger partial charge on any atom is -0.393 e. The number of carbonyl (C=O) groups excluding carboxylic acids is 1. The molecule has 0 saturated carbocycles. The zero-order valence-corrected chi connectivity index (χ0v) is 6.99. The minimum atomic E-state index is -0.244. The summed E-state index contributed by atoms with van der Waals surface area (Å²) in [6.45, 7) is 1.57. The molecule has 0 fully saturated rings. The second kappa shape index (κ2) is 4.49. The van der Waals surface area contributed by atoms with Crippen molar-refractivity contribution in [3.8, 4) is 0 Å². The Morgan fingerprint density at radius 2 is 2.00 bits per heavy atom. The average molecular weight is 155 g/mol. The first-order valence-corrected chi connectivity index (χ1v) is 3.28. The van der Waals surface area contributed by atoms with Crippen LogP contribution in [0.5, 0.6) is 0 Å². The standard InChI is InChI=1S/C7H13N3O/c1-5(8)6(4-9-2)7(11)10-3/h4,8-9H,1-3H3,(H,10,11)/b6-4+,8-5?. The summed E-state index contributed by atoms with van der Waals surface area (Å²) >= 11 is 0. The van der Waals surface area contributed by atoms with E-state index < -0.39 is 0 Å². The number of likely N-dealkylation sites (N-methyl/N-ethyl adjacent to an activating group) is 1. The molecule has 0 aliphatic carbocycles. The highest BCUT2D eigenvalue weighted by molar-refractivity contribution is 6.19. The molecule has 0 aromatic carbocycles. The molecular formula is C7H13N3O. The van der Waals surface area contributed by atoms with Gasteiger partial charge >= 0.3 is 0 Å². The lowest BCUT2D eigenvalue weighted by Gasteiger charge is -2.02. The molecule has 4 heteroatoms. The second-order valence-electron chi connectivity index (χ2n) is 2.05. The van der Waals surface area contributed by atoms with Gasteiger partial charge in [0.25, 0.3) is 5.91 Å². The quantitative estimate of drug-likeness (QED) is 0.393. The van der Waals surface area contributed by atoms with Crippen molar-refractivity contribution in [3.63, 3.8) is 0 Å². The largest absolute Gasteiger partial charge is 0.393 e. The van der Waals surface area contributed by atoms with Gasteiger partial charge in [0.15, 0.2) is 0 Å². The number of hydrogen-bond donors (Lipinski definition) is 3. The molecule has 11 heavy (non-hydrogen) atoms. The lowest BCUT2D eigenvalue weighted by Crippen LogP contribution is -2.24. The molecule has 1 amide bonds. The molecular weight excluding hydrogens is 142 g/mol. The first-order valence-electron chi connectivity index (χ1n) is 3.28. The maximum atomic E-state index is 11.0. The van der Waals surface area contributed by atoms with Crippen molar-refractivity contribution in [2.45, 2.75) is 6.92 Å². The highest BCUT2D eigenvalue weighted by Gasteiger charge is 2.07. The molecule has 0 spiro atoms. The molecule has 0 unspecified atom stereocenters. The van der Waals surface area contributed by atoms with Crippen LogP contribution < -0.4 is 10.6 Å². The maximum Gasteiger partial charge on any atom is 0.254 e. The predicted molar refractivity (Wildman–Crippen MR) is 44.6 cm³/mol. The maximum absolute atomic E-state index is 11.0. The highest BCUT2D eigenvalue weighted by Crippen LogP contribution is 1.93. The summed E-state index contributed by atoms with van der Waals surface area (Å²) in [5.74, 6) is -0.244. The fraction of sp³-hybridized carbons (Fsp3) is 0.429. The number of nitrogens with one attached hydrogen (secondary N) is 3. The summed E-state index contributed by atoms with van der Waals surface area (Å²) in [6.07, 6.45) is 1.50. The highest BCUT2D eigenvalue weighted by atomic mass is 16.1. The molecule has 62 valence electrons. The van der Waals surface area contributed by atoms with Gasteiger partial charge in [0.2, 0.25) is 0 Å². The molecule has 0 radical (unpaired) electrons. The lowest BCUT2D eigenvalue weighted by molar-refractivity contribution is -0.116. The molecule has 0 aromatic rings. The normalized spacial score (nSPS) is 10.6. The van der Waals surface area contributed by atoms with E-state index in [4.69, 9.17) is 5.41 Å². The van der Waals surface area contributed by atoms with E-state index in [-0.39, 0.29) is 11.6 Å². The van der Waals surface area contributed by atoms with Gasteiger partial charge < -0.3 is 16.0 Å². The molecule has 3 N–H and O–H groups in total. The topological polar surface area (TPSA) is 65.0 Å². The Kier molecular flexibility index (Phi) is 3.95. The van der Waals surface area contributed by atoms with E-state index in [1.165, 1.54) is 13.2 Å². The first-order chi connectivity index (χ1) is 5.13. The van der Waals surface area contributed by atoms with E-state index in [1.54, 1.807) is 14.0 Å². The molecule has 0 aliphatic heterocycles. The summed E-state index contributed by atoms with van der Waals surface area (Å²) < 4.78 is 0. The van der Waals surface area contributed by atoms with Gasteiger partial charge in [-0.3, -0.25) is 4.79 Å². The summed E-state index contributed by atoms with van der Waals surface area (Å²) in [6, 6.07) is 0. The van der Waals surface area contributed by atoms with Gasteiger partial charge in [-0.05, 0) is 6.92 Å². The van der Waals surface area contributed by atoms with Gasteiger partial charge in [-0.1, -0.05) is 0 Å². The lowest BCUT2D eigenvalue weighted by atomic mass is 10.2. The third kappa shape index (κ3) is 2.84. The summed E-state index contributed by atoms with van der Waals surface area (Å²) in [5, 5.41) is 12.4. The van der Waals surface area contributed by atoms with E-state index in [9.17, 15) is 4.79 Å². The third-order valence-electron chi connectivity index (χ3n) is 1.16. The summed E-state index contributed by atoms with van der Waals surface area (Å²) in [4.78, 5) is 11.0. The van der Waals surface area contributed by atoms with Crippen LogP contribution in [0.2, 0.25) is 0 Å². The van der Waals surface area contributed by atoms with Crippen molar-refractivity contribution in [1.82, 2.24) is 10.6 Å². The molecule has 0 heterocycles. The molecule has 4 nitrogen and oxygen atoms in total. The average Bonchev–Trinajstić information content (AvgIpc) is 1.98. The molecule has 0 rings (SSSR count). The smallest absolute Gasteiger partial charge is 0.254 e. The van der Waals surface area contributed by atoms with E-state index in [2.05, 4.69) is 10.6 Å². The van der Waals surface area contributed by atoms with Crippen molar-refractivity contribution in [3.05, 3.63) is 11.8 Å². The van der Waals surface area contributed by atoms with Gasteiger partial charge in [-0.2, -0.15) is 0 Å². The SMILES string of the molecule is CN/C=C(\C(C)=N)C(=O)NC. The molecule has 0 saturated heterocycles. The number of rotatable bonds is 3. The van der Waals surface area contributed by atoms with E-state index in [0.717, 1.165) is 0 Å². The minimum absolute atomic E-state index is 0.244. The van der Waals surface area contributed by atoms with Crippen LogP contribution in [-0.4, -0.2) is 25.7 Å². The van der Waals surface area contributed by atoms with E-state index in [1.807, 2.05) is 0 Å². The fourth-order valence-electron chi connectivity index (χ4n) is 0.623. The zero-order valence-electron chi connectivity index (χ0n) is 6.99. The van der Waals surface area contributed by atoms with Crippen LogP contribution in [-0.2, 0) is 4.79 Å². The predicted octanol–water partition coefficient (Wildman–Crippen LogP) is -0.125. The Balaban J connectivity index is 4.48. The molecule has 0 atom stereocenters. The Morgan fingerprint density at radius 3 is 2.27 bits per heavy atom. The first kappa shape index (κ1) is 9.68. The Morgan fingerprint density at radius 1 is 1.45 bits per heavy atom.